The smallest absolute Gasteiger partial charge is 0.451 e. The fraction of sp³-hybridized carbons (Fsp3) is 0.636. The van der Waals surface area contributed by atoms with Gasteiger partial charge in [0, 0.05) is 6.07 Å². The molecule has 1 aliphatic carbocycles. The van der Waals surface area contributed by atoms with Crippen LogP contribution in [0.15, 0.2) is 6.07 Å². The summed E-state index contributed by atoms with van der Waals surface area (Å²) in [6.45, 7) is 0. The van der Waals surface area contributed by atoms with Crippen LogP contribution in [-0.2, 0) is 6.18 Å². The first kappa shape index (κ1) is 13.9. The Morgan fingerprint density at radius 1 is 1.21 bits per heavy atom. The van der Waals surface area contributed by atoms with E-state index in [1.807, 2.05) is 0 Å². The van der Waals surface area contributed by atoms with Crippen LogP contribution >= 0.6 is 0 Å². The highest BCUT2D eigenvalue weighted by Crippen LogP contribution is 2.30. The highest BCUT2D eigenvalue weighted by Gasteiger charge is 2.36. The van der Waals surface area contributed by atoms with Crippen molar-refractivity contribution >= 4 is 5.82 Å². The predicted octanol–water partition coefficient (Wildman–Crippen LogP) is 2.49. The van der Waals surface area contributed by atoms with Crippen LogP contribution in [0.5, 0.6) is 5.88 Å². The average Bonchev–Trinajstić information content (AvgIpc) is 2.38. The first-order valence-corrected chi connectivity index (χ1v) is 6.08. The molecule has 1 aliphatic rings. The number of nitrogens with one attached hydrogen (secondary N) is 1. The first-order chi connectivity index (χ1) is 8.99. The number of hydrogen-bond acceptors (Lipinski definition) is 5. The maximum atomic E-state index is 12.6. The fourth-order valence-electron chi connectivity index (χ4n) is 2.04. The third kappa shape index (κ3) is 3.69. The lowest BCUT2D eigenvalue weighted by atomic mass is 9.98. The topological polar surface area (TPSA) is 73.1 Å². The zero-order valence-corrected chi connectivity index (χ0v) is 10.2. The van der Waals surface area contributed by atoms with Crippen molar-refractivity contribution in [2.45, 2.75) is 44.4 Å². The number of nitrogens with zero attached hydrogens (tertiary/aromatic N) is 2. The van der Waals surface area contributed by atoms with Crippen molar-refractivity contribution < 1.29 is 17.9 Å². The monoisotopic (exact) mass is 276 g/mol. The van der Waals surface area contributed by atoms with Crippen molar-refractivity contribution in [1.29, 1.82) is 0 Å². The molecule has 1 saturated carbocycles. The van der Waals surface area contributed by atoms with E-state index in [0.29, 0.717) is 0 Å². The van der Waals surface area contributed by atoms with E-state index in [1.165, 1.54) is 6.07 Å². The standard InChI is InChI=1S/C11H15F3N4O/c12-11(13,14)10-16-8(18-15)6-9(17-10)19-7-4-2-1-3-5-7/h6-7H,1-5,15H2,(H,16,17,18). The van der Waals surface area contributed by atoms with Crippen molar-refractivity contribution in [2.24, 2.45) is 5.84 Å². The molecule has 3 N–H and O–H groups in total. The third-order valence-electron chi connectivity index (χ3n) is 2.94. The quantitative estimate of drug-likeness (QED) is 0.655. The number of hydrazine groups is 1. The van der Waals surface area contributed by atoms with Crippen LogP contribution in [0, 0.1) is 0 Å². The summed E-state index contributed by atoms with van der Waals surface area (Å²) in [6, 6.07) is 1.27. The van der Waals surface area contributed by atoms with Gasteiger partial charge in [0.2, 0.25) is 11.7 Å². The van der Waals surface area contributed by atoms with E-state index in [2.05, 4.69) is 15.4 Å². The number of aromatic nitrogens is 2. The Kier molecular flexibility index (Phi) is 4.08. The van der Waals surface area contributed by atoms with Gasteiger partial charge in [-0.05, 0) is 25.7 Å². The molecule has 106 valence electrons. The van der Waals surface area contributed by atoms with Gasteiger partial charge in [-0.1, -0.05) is 6.42 Å². The maximum Gasteiger partial charge on any atom is 0.451 e. The van der Waals surface area contributed by atoms with Crippen LogP contribution in [0.3, 0.4) is 0 Å². The number of anilines is 1. The number of nitrogens with two attached hydrogens (primary N) is 1. The number of rotatable bonds is 3. The Morgan fingerprint density at radius 2 is 1.89 bits per heavy atom. The molecule has 0 amide bonds. The van der Waals surface area contributed by atoms with E-state index < -0.39 is 12.0 Å². The third-order valence-corrected chi connectivity index (χ3v) is 2.94. The Balaban J connectivity index is 2.19. The van der Waals surface area contributed by atoms with Crippen molar-refractivity contribution in [3.63, 3.8) is 0 Å². The van der Waals surface area contributed by atoms with Crippen LogP contribution in [0.2, 0.25) is 0 Å². The first-order valence-electron chi connectivity index (χ1n) is 6.08. The Bertz CT molecular complexity index is 432. The molecule has 19 heavy (non-hydrogen) atoms. The van der Waals surface area contributed by atoms with Gasteiger partial charge in [0.05, 0.1) is 0 Å². The highest BCUT2D eigenvalue weighted by molar-refractivity contribution is 5.37. The lowest BCUT2D eigenvalue weighted by Crippen LogP contribution is -2.22. The van der Waals surface area contributed by atoms with Crippen LogP contribution in [0.4, 0.5) is 19.0 Å². The van der Waals surface area contributed by atoms with E-state index in [1.54, 1.807) is 0 Å². The van der Waals surface area contributed by atoms with Crippen molar-refractivity contribution in [2.75, 3.05) is 5.43 Å². The van der Waals surface area contributed by atoms with E-state index in [9.17, 15) is 13.2 Å². The molecule has 0 aliphatic heterocycles. The van der Waals surface area contributed by atoms with Crippen LogP contribution in [0.25, 0.3) is 0 Å². The van der Waals surface area contributed by atoms with Crippen molar-refractivity contribution in [1.82, 2.24) is 9.97 Å². The summed E-state index contributed by atoms with van der Waals surface area (Å²) in [6.07, 6.45) is 0.113. The summed E-state index contributed by atoms with van der Waals surface area (Å²) >= 11 is 0. The second-order valence-corrected chi connectivity index (χ2v) is 4.43. The Labute approximate surface area is 108 Å². The molecular weight excluding hydrogens is 261 g/mol. The number of hydrogen-bond donors (Lipinski definition) is 2. The second kappa shape index (κ2) is 5.60. The summed E-state index contributed by atoms with van der Waals surface area (Å²) < 4.78 is 43.3. The van der Waals surface area contributed by atoms with E-state index in [4.69, 9.17) is 10.6 Å². The van der Waals surface area contributed by atoms with Gasteiger partial charge >= 0.3 is 6.18 Å². The Morgan fingerprint density at radius 3 is 2.47 bits per heavy atom. The minimum absolute atomic E-state index is 0.0876. The van der Waals surface area contributed by atoms with Crippen LogP contribution < -0.4 is 16.0 Å². The maximum absolute atomic E-state index is 12.6. The Hall–Kier alpha value is -1.57. The second-order valence-electron chi connectivity index (χ2n) is 4.43. The SMILES string of the molecule is NNc1cc(OC2CCCCC2)nc(C(F)(F)F)n1. The molecule has 0 unspecified atom stereocenters. The summed E-state index contributed by atoms with van der Waals surface area (Å²) in [4.78, 5) is 6.66. The zero-order valence-electron chi connectivity index (χ0n) is 10.2. The number of halogens is 3. The summed E-state index contributed by atoms with van der Waals surface area (Å²) in [7, 11) is 0. The van der Waals surface area contributed by atoms with E-state index >= 15 is 0 Å². The van der Waals surface area contributed by atoms with Gasteiger partial charge in [0.15, 0.2) is 0 Å². The molecule has 0 spiro atoms. The van der Waals surface area contributed by atoms with E-state index in [-0.39, 0.29) is 17.8 Å². The van der Waals surface area contributed by atoms with Crippen LogP contribution in [-0.4, -0.2) is 16.1 Å². The van der Waals surface area contributed by atoms with Gasteiger partial charge in [-0.3, -0.25) is 0 Å². The lowest BCUT2D eigenvalue weighted by molar-refractivity contribution is -0.145. The van der Waals surface area contributed by atoms with Gasteiger partial charge in [0.1, 0.15) is 11.9 Å². The zero-order chi connectivity index (χ0) is 13.9. The minimum Gasteiger partial charge on any atom is -0.474 e. The molecule has 5 nitrogen and oxygen atoms in total. The average molecular weight is 276 g/mol. The molecular formula is C11H15F3N4O. The minimum atomic E-state index is -4.63. The molecule has 1 aromatic rings. The highest BCUT2D eigenvalue weighted by atomic mass is 19.4. The molecule has 2 rings (SSSR count). The van der Waals surface area contributed by atoms with Gasteiger partial charge in [-0.15, -0.1) is 0 Å². The molecule has 0 bridgehead atoms. The summed E-state index contributed by atoms with van der Waals surface area (Å²) in [5.74, 6) is 3.63. The summed E-state index contributed by atoms with van der Waals surface area (Å²) in [5, 5.41) is 0. The number of nitrogen functional groups attached to an aromatic ring is 1. The van der Waals surface area contributed by atoms with Crippen molar-refractivity contribution in [3.05, 3.63) is 11.9 Å². The number of ether oxygens (including phenoxy) is 1. The molecule has 0 saturated heterocycles. The summed E-state index contributed by atoms with van der Waals surface area (Å²) in [5.41, 5.74) is 2.09. The molecule has 0 radical (unpaired) electrons. The fourth-order valence-corrected chi connectivity index (χ4v) is 2.04. The molecule has 0 aromatic carbocycles. The van der Waals surface area contributed by atoms with Crippen molar-refractivity contribution in [3.8, 4) is 5.88 Å². The molecule has 1 fully saturated rings. The van der Waals surface area contributed by atoms with Gasteiger partial charge in [0.25, 0.3) is 0 Å². The largest absolute Gasteiger partial charge is 0.474 e. The molecule has 8 heteroatoms. The van der Waals surface area contributed by atoms with Gasteiger partial charge < -0.3 is 10.2 Å². The lowest BCUT2D eigenvalue weighted by Gasteiger charge is -2.22. The number of alkyl halides is 3. The molecule has 0 atom stereocenters. The molecule has 1 heterocycles. The predicted molar refractivity (Wildman–Crippen MR) is 62.3 cm³/mol. The van der Waals surface area contributed by atoms with Crippen LogP contribution in [0.1, 0.15) is 37.9 Å². The molecule has 1 aromatic heterocycles. The van der Waals surface area contributed by atoms with Gasteiger partial charge in [-0.25, -0.2) is 10.8 Å². The van der Waals surface area contributed by atoms with E-state index in [0.717, 1.165) is 32.1 Å². The normalized spacial score (nSPS) is 17.3. The van der Waals surface area contributed by atoms with Gasteiger partial charge in [-0.2, -0.15) is 18.2 Å².